The van der Waals surface area contributed by atoms with Crippen molar-refractivity contribution in [1.82, 2.24) is 0 Å². The molecule has 0 aliphatic carbocycles. The standard InChI is InChI=1S/C14H16O3/c1-16-14(15)10-8-12-7-9-13(17-12)11-5-3-2-4-6-11/h2-7,9,12-13H,8,10H2,1H3/t12-,13+/m1/s1. The fourth-order valence-electron chi connectivity index (χ4n) is 1.86. The maximum absolute atomic E-state index is 11.0. The van der Waals surface area contributed by atoms with Crippen LogP contribution in [-0.2, 0) is 14.3 Å². The zero-order valence-corrected chi connectivity index (χ0v) is 9.84. The van der Waals surface area contributed by atoms with Gasteiger partial charge in [0.05, 0.1) is 13.2 Å². The first-order chi connectivity index (χ1) is 8.29. The van der Waals surface area contributed by atoms with Gasteiger partial charge < -0.3 is 9.47 Å². The van der Waals surface area contributed by atoms with Gasteiger partial charge in [0.15, 0.2) is 0 Å². The second-order valence-electron chi connectivity index (χ2n) is 4.01. The van der Waals surface area contributed by atoms with Gasteiger partial charge >= 0.3 is 5.97 Å². The molecule has 3 heteroatoms. The summed E-state index contributed by atoms with van der Waals surface area (Å²) in [5, 5.41) is 0. The molecule has 0 N–H and O–H groups in total. The Kier molecular flexibility index (Phi) is 3.94. The molecular formula is C14H16O3. The average Bonchev–Trinajstić information content (AvgIpc) is 2.86. The molecule has 0 unspecified atom stereocenters. The molecule has 17 heavy (non-hydrogen) atoms. The van der Waals surface area contributed by atoms with E-state index >= 15 is 0 Å². The van der Waals surface area contributed by atoms with E-state index < -0.39 is 0 Å². The number of benzene rings is 1. The van der Waals surface area contributed by atoms with Crippen LogP contribution in [0.4, 0.5) is 0 Å². The third-order valence-electron chi connectivity index (χ3n) is 2.81. The third kappa shape index (κ3) is 3.17. The maximum Gasteiger partial charge on any atom is 0.305 e. The molecule has 0 radical (unpaired) electrons. The molecule has 0 amide bonds. The van der Waals surface area contributed by atoms with Crippen molar-refractivity contribution in [2.75, 3.05) is 7.11 Å². The Morgan fingerprint density at radius 3 is 2.76 bits per heavy atom. The van der Waals surface area contributed by atoms with Crippen LogP contribution in [0.3, 0.4) is 0 Å². The van der Waals surface area contributed by atoms with Crippen LogP contribution in [0.5, 0.6) is 0 Å². The lowest BCUT2D eigenvalue weighted by Crippen LogP contribution is -2.10. The Morgan fingerprint density at radius 1 is 1.29 bits per heavy atom. The number of hydrogen-bond donors (Lipinski definition) is 0. The minimum atomic E-state index is -0.190. The summed E-state index contributed by atoms with van der Waals surface area (Å²) >= 11 is 0. The van der Waals surface area contributed by atoms with Crippen molar-refractivity contribution in [1.29, 1.82) is 0 Å². The predicted octanol–water partition coefficient (Wildman–Crippen LogP) is 2.64. The van der Waals surface area contributed by atoms with Crippen LogP contribution in [0.2, 0.25) is 0 Å². The summed E-state index contributed by atoms with van der Waals surface area (Å²) in [4.78, 5) is 11.0. The fourth-order valence-corrected chi connectivity index (χ4v) is 1.86. The van der Waals surface area contributed by atoms with Crippen LogP contribution in [0.25, 0.3) is 0 Å². The van der Waals surface area contributed by atoms with Crippen molar-refractivity contribution in [3.8, 4) is 0 Å². The largest absolute Gasteiger partial charge is 0.469 e. The molecule has 1 aliphatic heterocycles. The molecule has 3 nitrogen and oxygen atoms in total. The quantitative estimate of drug-likeness (QED) is 0.591. The highest BCUT2D eigenvalue weighted by Crippen LogP contribution is 2.28. The van der Waals surface area contributed by atoms with E-state index in [4.69, 9.17) is 4.74 Å². The molecule has 0 spiro atoms. The molecule has 0 saturated carbocycles. The van der Waals surface area contributed by atoms with Gasteiger partial charge in [-0.2, -0.15) is 0 Å². The molecular weight excluding hydrogens is 216 g/mol. The first kappa shape index (κ1) is 11.9. The number of ether oxygens (including phenoxy) is 2. The van der Waals surface area contributed by atoms with Crippen LogP contribution < -0.4 is 0 Å². The molecule has 1 aliphatic rings. The Bertz CT molecular complexity index is 397. The van der Waals surface area contributed by atoms with E-state index in [9.17, 15) is 4.79 Å². The fraction of sp³-hybridized carbons (Fsp3) is 0.357. The van der Waals surface area contributed by atoms with Crippen LogP contribution in [0, 0.1) is 0 Å². The smallest absolute Gasteiger partial charge is 0.305 e. The van der Waals surface area contributed by atoms with Crippen molar-refractivity contribution >= 4 is 5.97 Å². The summed E-state index contributed by atoms with van der Waals surface area (Å²) in [5.41, 5.74) is 1.14. The van der Waals surface area contributed by atoms with E-state index in [-0.39, 0.29) is 18.2 Å². The summed E-state index contributed by atoms with van der Waals surface area (Å²) in [7, 11) is 1.40. The molecule has 1 heterocycles. The van der Waals surface area contributed by atoms with Crippen molar-refractivity contribution in [3.05, 3.63) is 48.0 Å². The average molecular weight is 232 g/mol. The van der Waals surface area contributed by atoms with Gasteiger partial charge in [-0.05, 0) is 12.0 Å². The van der Waals surface area contributed by atoms with E-state index in [0.717, 1.165) is 5.56 Å². The summed E-state index contributed by atoms with van der Waals surface area (Å²) < 4.78 is 10.4. The number of carbonyl (C=O) groups excluding carboxylic acids is 1. The highest BCUT2D eigenvalue weighted by atomic mass is 16.5. The number of esters is 1. The molecule has 0 bridgehead atoms. The van der Waals surface area contributed by atoms with E-state index in [1.807, 2.05) is 42.5 Å². The van der Waals surface area contributed by atoms with Crippen LogP contribution >= 0.6 is 0 Å². The second kappa shape index (κ2) is 5.64. The monoisotopic (exact) mass is 232 g/mol. The Hall–Kier alpha value is -1.61. The van der Waals surface area contributed by atoms with Crippen molar-refractivity contribution in [2.45, 2.75) is 25.0 Å². The summed E-state index contributed by atoms with van der Waals surface area (Å²) in [5.74, 6) is -0.190. The molecule has 2 rings (SSSR count). The Morgan fingerprint density at radius 2 is 2.06 bits per heavy atom. The molecule has 1 aromatic rings. The molecule has 0 aromatic heterocycles. The summed E-state index contributed by atoms with van der Waals surface area (Å²) in [6, 6.07) is 10.1. The first-order valence-corrected chi connectivity index (χ1v) is 5.75. The molecule has 1 aromatic carbocycles. The van der Waals surface area contributed by atoms with Gasteiger partial charge in [0.2, 0.25) is 0 Å². The normalized spacial score (nSPS) is 22.6. The third-order valence-corrected chi connectivity index (χ3v) is 2.81. The van der Waals surface area contributed by atoms with Gasteiger partial charge in [0.25, 0.3) is 0 Å². The lowest BCUT2D eigenvalue weighted by Gasteiger charge is -2.13. The van der Waals surface area contributed by atoms with Gasteiger partial charge in [0.1, 0.15) is 6.10 Å². The highest BCUT2D eigenvalue weighted by molar-refractivity contribution is 5.69. The molecule has 0 fully saturated rings. The van der Waals surface area contributed by atoms with Crippen molar-refractivity contribution in [3.63, 3.8) is 0 Å². The number of methoxy groups -OCH3 is 1. The predicted molar refractivity (Wildman–Crippen MR) is 64.4 cm³/mol. The Balaban J connectivity index is 1.85. The molecule has 90 valence electrons. The van der Waals surface area contributed by atoms with Gasteiger partial charge in [-0.25, -0.2) is 0 Å². The molecule has 2 atom stereocenters. The minimum Gasteiger partial charge on any atom is -0.469 e. The van der Waals surface area contributed by atoms with E-state index in [2.05, 4.69) is 4.74 Å². The van der Waals surface area contributed by atoms with E-state index in [0.29, 0.717) is 12.8 Å². The van der Waals surface area contributed by atoms with Crippen LogP contribution in [0.1, 0.15) is 24.5 Å². The Labute approximate surface area is 101 Å². The topological polar surface area (TPSA) is 35.5 Å². The van der Waals surface area contributed by atoms with Gasteiger partial charge in [-0.1, -0.05) is 42.5 Å². The molecule has 0 saturated heterocycles. The SMILES string of the molecule is COC(=O)CC[C@H]1C=C[C@@H](c2ccccc2)O1. The number of rotatable bonds is 4. The summed E-state index contributed by atoms with van der Waals surface area (Å²) in [6.45, 7) is 0. The zero-order chi connectivity index (χ0) is 12.1. The van der Waals surface area contributed by atoms with Crippen LogP contribution in [0.15, 0.2) is 42.5 Å². The van der Waals surface area contributed by atoms with E-state index in [1.54, 1.807) is 0 Å². The maximum atomic E-state index is 11.0. The van der Waals surface area contributed by atoms with Crippen molar-refractivity contribution < 1.29 is 14.3 Å². The van der Waals surface area contributed by atoms with Crippen LogP contribution in [-0.4, -0.2) is 19.2 Å². The lowest BCUT2D eigenvalue weighted by atomic mass is 10.1. The van der Waals surface area contributed by atoms with E-state index in [1.165, 1.54) is 7.11 Å². The number of carbonyl (C=O) groups is 1. The second-order valence-corrected chi connectivity index (χ2v) is 4.01. The van der Waals surface area contributed by atoms with Gasteiger partial charge in [-0.15, -0.1) is 0 Å². The highest BCUT2D eigenvalue weighted by Gasteiger charge is 2.20. The summed E-state index contributed by atoms with van der Waals surface area (Å²) in [6.07, 6.45) is 5.15. The zero-order valence-electron chi connectivity index (χ0n) is 9.84. The number of hydrogen-bond acceptors (Lipinski definition) is 3. The first-order valence-electron chi connectivity index (χ1n) is 5.75. The minimum absolute atomic E-state index is 0.0128. The van der Waals surface area contributed by atoms with Crippen molar-refractivity contribution in [2.24, 2.45) is 0 Å². The van der Waals surface area contributed by atoms with Gasteiger partial charge in [0, 0.05) is 6.42 Å². The lowest BCUT2D eigenvalue weighted by molar-refractivity contribution is -0.141. The van der Waals surface area contributed by atoms with Gasteiger partial charge in [-0.3, -0.25) is 4.79 Å².